The molecule has 1 aromatic carbocycles. The highest BCUT2D eigenvalue weighted by atomic mass is 35.5. The van der Waals surface area contributed by atoms with E-state index in [9.17, 15) is 4.79 Å². The zero-order valence-corrected chi connectivity index (χ0v) is 11.7. The highest BCUT2D eigenvalue weighted by Gasteiger charge is 2.08. The van der Waals surface area contributed by atoms with Crippen molar-refractivity contribution in [2.24, 2.45) is 0 Å². The molecule has 2 aromatic rings. The van der Waals surface area contributed by atoms with Crippen molar-refractivity contribution < 1.29 is 0 Å². The van der Waals surface area contributed by atoms with Crippen LogP contribution in [0.4, 0.5) is 0 Å². The second-order valence-electron chi connectivity index (χ2n) is 3.74. The van der Waals surface area contributed by atoms with Crippen LogP contribution in [0, 0.1) is 6.92 Å². The van der Waals surface area contributed by atoms with Crippen LogP contribution < -0.4 is 5.43 Å². The monoisotopic (exact) mass is 302 g/mol. The first-order chi connectivity index (χ1) is 8.52. The summed E-state index contributed by atoms with van der Waals surface area (Å²) in [5, 5.41) is 5.10. The molecule has 0 saturated carbocycles. The summed E-state index contributed by atoms with van der Waals surface area (Å²) in [6, 6.07) is 6.63. The quantitative estimate of drug-likeness (QED) is 0.795. The number of nitrogens with zero attached hydrogens (tertiary/aromatic N) is 2. The van der Waals surface area contributed by atoms with E-state index < -0.39 is 0 Å². The van der Waals surface area contributed by atoms with Gasteiger partial charge in [-0.05, 0) is 25.1 Å². The van der Waals surface area contributed by atoms with Crippen LogP contribution in [0.1, 0.15) is 11.4 Å². The molecule has 0 spiro atoms. The smallest absolute Gasteiger partial charge is 0.204 e. The SMILES string of the molecule is Cc1cc(=O)c(CCl)nn1-c1ccc(Cl)c(Cl)c1. The standard InChI is InChI=1S/C12H9Cl3N2O/c1-7-4-12(18)11(6-13)16-17(7)8-2-3-9(14)10(15)5-8/h2-5H,6H2,1H3. The van der Waals surface area contributed by atoms with Gasteiger partial charge in [0.05, 0.1) is 21.6 Å². The third kappa shape index (κ3) is 2.53. The Hall–Kier alpha value is -1.03. The average Bonchev–Trinajstić information content (AvgIpc) is 2.33. The van der Waals surface area contributed by atoms with Crippen molar-refractivity contribution in [2.75, 3.05) is 0 Å². The predicted octanol–water partition coefficient (Wildman–Crippen LogP) is 3.59. The lowest BCUT2D eigenvalue weighted by molar-refractivity contribution is 0.772. The van der Waals surface area contributed by atoms with Gasteiger partial charge in [0.2, 0.25) is 5.43 Å². The van der Waals surface area contributed by atoms with Crippen molar-refractivity contribution in [3.05, 3.63) is 55.9 Å². The minimum Gasteiger partial charge on any atom is -0.288 e. The van der Waals surface area contributed by atoms with E-state index in [2.05, 4.69) is 5.10 Å². The third-order valence-electron chi connectivity index (χ3n) is 2.45. The number of aryl methyl sites for hydroxylation is 1. The summed E-state index contributed by atoms with van der Waals surface area (Å²) < 4.78 is 1.61. The molecule has 0 saturated heterocycles. The van der Waals surface area contributed by atoms with E-state index in [0.717, 1.165) is 5.69 Å². The Kier molecular flexibility index (Phi) is 3.95. The molecule has 0 aliphatic heterocycles. The summed E-state index contributed by atoms with van der Waals surface area (Å²) in [7, 11) is 0. The van der Waals surface area contributed by atoms with Crippen LogP contribution in [-0.4, -0.2) is 9.78 Å². The van der Waals surface area contributed by atoms with Gasteiger partial charge >= 0.3 is 0 Å². The molecule has 2 rings (SSSR count). The fourth-order valence-corrected chi connectivity index (χ4v) is 2.03. The number of aromatic nitrogens is 2. The van der Waals surface area contributed by atoms with Gasteiger partial charge in [-0.1, -0.05) is 23.2 Å². The number of rotatable bonds is 2. The maximum absolute atomic E-state index is 11.6. The second-order valence-corrected chi connectivity index (χ2v) is 4.82. The van der Waals surface area contributed by atoms with E-state index >= 15 is 0 Å². The molecule has 94 valence electrons. The molecule has 6 heteroatoms. The lowest BCUT2D eigenvalue weighted by Gasteiger charge is -2.11. The van der Waals surface area contributed by atoms with Crippen molar-refractivity contribution in [1.29, 1.82) is 0 Å². The molecule has 0 aliphatic rings. The van der Waals surface area contributed by atoms with Gasteiger partial charge < -0.3 is 0 Å². The van der Waals surface area contributed by atoms with Crippen molar-refractivity contribution >= 4 is 34.8 Å². The van der Waals surface area contributed by atoms with Gasteiger partial charge in [-0.15, -0.1) is 11.6 Å². The Bertz CT molecular complexity index is 652. The van der Waals surface area contributed by atoms with Crippen LogP contribution in [0.5, 0.6) is 0 Å². The molecular weight excluding hydrogens is 295 g/mol. The highest BCUT2D eigenvalue weighted by Crippen LogP contribution is 2.24. The molecule has 0 amide bonds. The van der Waals surface area contributed by atoms with Gasteiger partial charge in [0, 0.05) is 11.8 Å². The largest absolute Gasteiger partial charge is 0.288 e. The van der Waals surface area contributed by atoms with Gasteiger partial charge in [0.15, 0.2) is 0 Å². The summed E-state index contributed by atoms with van der Waals surface area (Å²) in [6.07, 6.45) is 0. The van der Waals surface area contributed by atoms with Gasteiger partial charge in [-0.25, -0.2) is 4.68 Å². The fraction of sp³-hybridized carbons (Fsp3) is 0.167. The summed E-state index contributed by atoms with van der Waals surface area (Å²) in [6.45, 7) is 1.79. The van der Waals surface area contributed by atoms with Gasteiger partial charge in [0.25, 0.3) is 0 Å². The van der Waals surface area contributed by atoms with E-state index in [1.54, 1.807) is 29.8 Å². The summed E-state index contributed by atoms with van der Waals surface area (Å²) in [5.74, 6) is 0.0699. The minimum absolute atomic E-state index is 0.0699. The van der Waals surface area contributed by atoms with Crippen LogP contribution in [0.2, 0.25) is 10.0 Å². The van der Waals surface area contributed by atoms with Crippen LogP contribution in [0.3, 0.4) is 0 Å². The first-order valence-electron chi connectivity index (χ1n) is 5.14. The summed E-state index contributed by atoms with van der Waals surface area (Å²) in [5.41, 5.74) is 1.56. The number of benzene rings is 1. The normalized spacial score (nSPS) is 10.7. The number of hydrogen-bond donors (Lipinski definition) is 0. The zero-order chi connectivity index (χ0) is 13.3. The van der Waals surface area contributed by atoms with E-state index in [4.69, 9.17) is 34.8 Å². The Balaban J connectivity index is 2.63. The van der Waals surface area contributed by atoms with Crippen LogP contribution in [0.25, 0.3) is 5.69 Å². The van der Waals surface area contributed by atoms with Crippen molar-refractivity contribution in [3.8, 4) is 5.69 Å². The molecule has 0 radical (unpaired) electrons. The molecule has 1 heterocycles. The predicted molar refractivity (Wildman–Crippen MR) is 74.1 cm³/mol. The van der Waals surface area contributed by atoms with E-state index in [1.165, 1.54) is 6.07 Å². The Labute approximate surface area is 119 Å². The third-order valence-corrected chi connectivity index (χ3v) is 3.45. The van der Waals surface area contributed by atoms with E-state index in [1.807, 2.05) is 0 Å². The maximum Gasteiger partial charge on any atom is 0.204 e. The fourth-order valence-electron chi connectivity index (χ4n) is 1.55. The molecule has 0 bridgehead atoms. The lowest BCUT2D eigenvalue weighted by atomic mass is 10.3. The molecule has 0 atom stereocenters. The van der Waals surface area contributed by atoms with Crippen molar-refractivity contribution in [1.82, 2.24) is 9.78 Å². The van der Waals surface area contributed by atoms with Crippen LogP contribution >= 0.6 is 34.8 Å². The Morgan fingerprint density at radius 2 is 1.94 bits per heavy atom. The van der Waals surface area contributed by atoms with Crippen molar-refractivity contribution in [2.45, 2.75) is 12.8 Å². The molecule has 0 unspecified atom stereocenters. The first kappa shape index (κ1) is 13.4. The van der Waals surface area contributed by atoms with Gasteiger partial charge in [-0.2, -0.15) is 5.10 Å². The molecule has 1 aromatic heterocycles. The molecule has 3 nitrogen and oxygen atoms in total. The number of halogens is 3. The molecule has 18 heavy (non-hydrogen) atoms. The highest BCUT2D eigenvalue weighted by molar-refractivity contribution is 6.42. The van der Waals surface area contributed by atoms with Crippen LogP contribution in [0.15, 0.2) is 29.1 Å². The second kappa shape index (κ2) is 5.31. The Morgan fingerprint density at radius 1 is 1.22 bits per heavy atom. The van der Waals surface area contributed by atoms with Gasteiger partial charge in [0.1, 0.15) is 5.69 Å². The first-order valence-corrected chi connectivity index (χ1v) is 6.43. The molecule has 0 aliphatic carbocycles. The molecule has 0 N–H and O–H groups in total. The van der Waals surface area contributed by atoms with Crippen molar-refractivity contribution in [3.63, 3.8) is 0 Å². The summed E-state index contributed by atoms with van der Waals surface area (Å²) in [4.78, 5) is 11.6. The maximum atomic E-state index is 11.6. The number of alkyl halides is 1. The topological polar surface area (TPSA) is 34.9 Å². The van der Waals surface area contributed by atoms with Gasteiger partial charge in [-0.3, -0.25) is 4.79 Å². The summed E-state index contributed by atoms with van der Waals surface area (Å²) >= 11 is 17.5. The van der Waals surface area contributed by atoms with Crippen LogP contribution in [-0.2, 0) is 5.88 Å². The zero-order valence-electron chi connectivity index (χ0n) is 9.45. The number of hydrogen-bond acceptors (Lipinski definition) is 2. The molecule has 0 fully saturated rings. The molecular formula is C12H9Cl3N2O. The lowest BCUT2D eigenvalue weighted by Crippen LogP contribution is -2.17. The van der Waals surface area contributed by atoms with E-state index in [-0.39, 0.29) is 11.3 Å². The average molecular weight is 304 g/mol. The Morgan fingerprint density at radius 3 is 2.56 bits per heavy atom. The van der Waals surface area contributed by atoms with E-state index in [0.29, 0.717) is 21.4 Å². The minimum atomic E-state index is -0.168.